The first-order chi connectivity index (χ1) is 10.2. The lowest BCUT2D eigenvalue weighted by atomic mass is 9.75. The summed E-state index contributed by atoms with van der Waals surface area (Å²) in [4.78, 5) is 2.40. The van der Waals surface area contributed by atoms with Gasteiger partial charge in [0.05, 0.1) is 0 Å². The Bertz CT molecular complexity index is 391. The van der Waals surface area contributed by atoms with Gasteiger partial charge in [-0.1, -0.05) is 57.0 Å². The highest BCUT2D eigenvalue weighted by Gasteiger charge is 2.31. The van der Waals surface area contributed by atoms with Crippen molar-refractivity contribution in [2.45, 2.75) is 57.5 Å². The molecule has 21 heavy (non-hydrogen) atoms. The smallest absolute Gasteiger partial charge is 0.0242 e. The quantitative estimate of drug-likeness (QED) is 0.781. The van der Waals surface area contributed by atoms with Crippen molar-refractivity contribution in [2.24, 2.45) is 5.92 Å². The molecule has 1 atom stereocenters. The summed E-state index contributed by atoms with van der Waals surface area (Å²) >= 11 is 0. The molecule has 2 nitrogen and oxygen atoms in total. The Labute approximate surface area is 130 Å². The van der Waals surface area contributed by atoms with Crippen molar-refractivity contribution >= 4 is 0 Å². The van der Waals surface area contributed by atoms with Gasteiger partial charge in [-0.3, -0.25) is 0 Å². The second-order valence-corrected chi connectivity index (χ2v) is 6.79. The Morgan fingerprint density at radius 3 is 2.24 bits per heavy atom. The summed E-state index contributed by atoms with van der Waals surface area (Å²) in [6, 6.07) is 12.3. The highest BCUT2D eigenvalue weighted by molar-refractivity contribution is 5.22. The molecule has 0 bridgehead atoms. The third kappa shape index (κ3) is 4.31. The Morgan fingerprint density at radius 1 is 1.10 bits per heavy atom. The van der Waals surface area contributed by atoms with Crippen molar-refractivity contribution in [1.29, 1.82) is 0 Å². The number of likely N-dealkylation sites (N-methyl/N-ethyl adjacent to an activating group) is 1. The van der Waals surface area contributed by atoms with Crippen LogP contribution in [0.15, 0.2) is 30.3 Å². The van der Waals surface area contributed by atoms with E-state index in [4.69, 9.17) is 0 Å². The first-order valence-corrected chi connectivity index (χ1v) is 8.60. The Morgan fingerprint density at radius 2 is 1.71 bits per heavy atom. The Balaban J connectivity index is 1.76. The van der Waals surface area contributed by atoms with E-state index in [1.54, 1.807) is 0 Å². The van der Waals surface area contributed by atoms with Crippen LogP contribution in [-0.2, 0) is 0 Å². The van der Waals surface area contributed by atoms with E-state index in [2.05, 4.69) is 68.5 Å². The summed E-state index contributed by atoms with van der Waals surface area (Å²) in [5.74, 6) is 1.58. The molecule has 0 aliphatic heterocycles. The van der Waals surface area contributed by atoms with E-state index in [0.717, 1.165) is 18.4 Å². The van der Waals surface area contributed by atoms with E-state index in [0.29, 0.717) is 12.1 Å². The van der Waals surface area contributed by atoms with Crippen LogP contribution >= 0.6 is 0 Å². The van der Waals surface area contributed by atoms with Crippen LogP contribution < -0.4 is 5.32 Å². The van der Waals surface area contributed by atoms with E-state index in [9.17, 15) is 0 Å². The van der Waals surface area contributed by atoms with Crippen LogP contribution in [0.2, 0.25) is 0 Å². The van der Waals surface area contributed by atoms with Gasteiger partial charge in [0.1, 0.15) is 0 Å². The van der Waals surface area contributed by atoms with Crippen LogP contribution in [-0.4, -0.2) is 37.6 Å². The monoisotopic (exact) mass is 288 g/mol. The average molecular weight is 288 g/mol. The highest BCUT2D eigenvalue weighted by Crippen LogP contribution is 2.36. The predicted octanol–water partition coefficient (Wildman–Crippen LogP) is 3.89. The first kappa shape index (κ1) is 16.5. The van der Waals surface area contributed by atoms with Gasteiger partial charge in [0, 0.05) is 18.6 Å². The standard InChI is InChI=1S/C19H32N2/c1-5-15(6-2)19(21(3)4)14-20-18-12-17(13-18)16-10-8-7-9-11-16/h7-11,15,17-20H,5-6,12-14H2,1-4H3. The van der Waals surface area contributed by atoms with Crippen molar-refractivity contribution in [3.05, 3.63) is 35.9 Å². The summed E-state index contributed by atoms with van der Waals surface area (Å²) < 4.78 is 0. The zero-order valence-corrected chi connectivity index (χ0v) is 14.2. The minimum Gasteiger partial charge on any atom is -0.312 e. The fourth-order valence-electron chi connectivity index (χ4n) is 3.67. The first-order valence-electron chi connectivity index (χ1n) is 8.60. The fourth-order valence-corrected chi connectivity index (χ4v) is 3.67. The summed E-state index contributed by atoms with van der Waals surface area (Å²) in [5.41, 5.74) is 1.51. The normalized spacial score (nSPS) is 23.3. The molecule has 1 aliphatic rings. The van der Waals surface area contributed by atoms with Gasteiger partial charge < -0.3 is 10.2 Å². The summed E-state index contributed by atoms with van der Waals surface area (Å²) in [6.07, 6.45) is 5.15. The van der Waals surface area contributed by atoms with Crippen LogP contribution in [0.5, 0.6) is 0 Å². The lowest BCUT2D eigenvalue weighted by Crippen LogP contribution is -2.49. The number of nitrogens with one attached hydrogen (secondary N) is 1. The summed E-state index contributed by atoms with van der Waals surface area (Å²) in [6.45, 7) is 5.77. The van der Waals surface area contributed by atoms with E-state index >= 15 is 0 Å². The van der Waals surface area contributed by atoms with Crippen LogP contribution in [0.1, 0.15) is 51.0 Å². The molecule has 0 spiro atoms. The molecule has 1 saturated carbocycles. The van der Waals surface area contributed by atoms with Crippen LogP contribution in [0.25, 0.3) is 0 Å². The highest BCUT2D eigenvalue weighted by atomic mass is 15.1. The number of hydrogen-bond donors (Lipinski definition) is 1. The van der Waals surface area contributed by atoms with Crippen LogP contribution in [0.4, 0.5) is 0 Å². The van der Waals surface area contributed by atoms with Crippen molar-refractivity contribution in [3.8, 4) is 0 Å². The average Bonchev–Trinajstić information content (AvgIpc) is 2.45. The molecule has 0 heterocycles. The molecule has 0 saturated heterocycles. The van der Waals surface area contributed by atoms with Crippen molar-refractivity contribution in [3.63, 3.8) is 0 Å². The molecule has 2 rings (SSSR count). The number of rotatable bonds is 8. The third-order valence-corrected chi connectivity index (χ3v) is 5.28. The molecular formula is C19H32N2. The zero-order valence-electron chi connectivity index (χ0n) is 14.2. The molecule has 118 valence electrons. The topological polar surface area (TPSA) is 15.3 Å². The maximum absolute atomic E-state index is 3.81. The van der Waals surface area contributed by atoms with Gasteiger partial charge in [0.2, 0.25) is 0 Å². The molecule has 2 heteroatoms. The van der Waals surface area contributed by atoms with Gasteiger partial charge in [0.15, 0.2) is 0 Å². The van der Waals surface area contributed by atoms with Gasteiger partial charge in [-0.05, 0) is 44.3 Å². The lowest BCUT2D eigenvalue weighted by molar-refractivity contribution is 0.175. The lowest BCUT2D eigenvalue weighted by Gasteiger charge is -2.39. The van der Waals surface area contributed by atoms with E-state index in [1.165, 1.54) is 31.2 Å². The second kappa shape index (κ2) is 7.95. The largest absolute Gasteiger partial charge is 0.312 e. The van der Waals surface area contributed by atoms with E-state index in [1.807, 2.05) is 0 Å². The van der Waals surface area contributed by atoms with Crippen LogP contribution in [0.3, 0.4) is 0 Å². The molecule has 0 amide bonds. The zero-order chi connectivity index (χ0) is 15.2. The van der Waals surface area contributed by atoms with Gasteiger partial charge in [0.25, 0.3) is 0 Å². The molecule has 1 N–H and O–H groups in total. The molecule has 1 fully saturated rings. The molecule has 0 aromatic heterocycles. The molecule has 1 aliphatic carbocycles. The van der Waals surface area contributed by atoms with Crippen molar-refractivity contribution < 1.29 is 0 Å². The number of nitrogens with zero attached hydrogens (tertiary/aromatic N) is 1. The fraction of sp³-hybridized carbons (Fsp3) is 0.684. The van der Waals surface area contributed by atoms with Crippen LogP contribution in [0, 0.1) is 5.92 Å². The van der Waals surface area contributed by atoms with Gasteiger partial charge in [-0.15, -0.1) is 0 Å². The minimum absolute atomic E-state index is 0.663. The maximum Gasteiger partial charge on any atom is 0.0242 e. The molecule has 1 aromatic rings. The summed E-state index contributed by atoms with van der Waals surface area (Å²) in [7, 11) is 4.44. The Hall–Kier alpha value is -0.860. The van der Waals surface area contributed by atoms with Crippen molar-refractivity contribution in [2.75, 3.05) is 20.6 Å². The van der Waals surface area contributed by atoms with E-state index < -0.39 is 0 Å². The predicted molar refractivity (Wildman–Crippen MR) is 91.8 cm³/mol. The minimum atomic E-state index is 0.663. The second-order valence-electron chi connectivity index (χ2n) is 6.79. The SMILES string of the molecule is CCC(CC)C(CNC1CC(c2ccccc2)C1)N(C)C. The maximum atomic E-state index is 3.81. The molecule has 0 radical (unpaired) electrons. The van der Waals surface area contributed by atoms with Gasteiger partial charge in [-0.2, -0.15) is 0 Å². The molecule has 1 unspecified atom stereocenters. The number of benzene rings is 1. The molecular weight excluding hydrogens is 256 g/mol. The Kier molecular flexibility index (Phi) is 6.25. The summed E-state index contributed by atoms with van der Waals surface area (Å²) in [5, 5.41) is 3.81. The van der Waals surface area contributed by atoms with E-state index in [-0.39, 0.29) is 0 Å². The molecule has 1 aromatic carbocycles. The van der Waals surface area contributed by atoms with Crippen molar-refractivity contribution in [1.82, 2.24) is 10.2 Å². The number of hydrogen-bond acceptors (Lipinski definition) is 2. The third-order valence-electron chi connectivity index (χ3n) is 5.28. The van der Waals surface area contributed by atoms with Gasteiger partial charge in [-0.25, -0.2) is 0 Å². The van der Waals surface area contributed by atoms with Gasteiger partial charge >= 0.3 is 0 Å².